The van der Waals surface area contributed by atoms with E-state index in [1.807, 2.05) is 30.8 Å². The molecular formula is C20H22FN7. The van der Waals surface area contributed by atoms with Crippen LogP contribution < -0.4 is 5.32 Å². The summed E-state index contributed by atoms with van der Waals surface area (Å²) in [6.07, 6.45) is 0.870. The third-order valence-electron chi connectivity index (χ3n) is 5.02. The highest BCUT2D eigenvalue weighted by atomic mass is 19.1. The number of aromatic nitrogens is 6. The summed E-state index contributed by atoms with van der Waals surface area (Å²) < 4.78 is 17.7. The molecule has 0 saturated carbocycles. The van der Waals surface area contributed by atoms with Crippen molar-refractivity contribution in [3.63, 3.8) is 0 Å². The quantitative estimate of drug-likeness (QED) is 0.570. The first-order valence-corrected chi connectivity index (χ1v) is 9.23. The van der Waals surface area contributed by atoms with E-state index in [-0.39, 0.29) is 11.9 Å². The van der Waals surface area contributed by atoms with Crippen LogP contribution >= 0.6 is 0 Å². The minimum absolute atomic E-state index is 0.0621. The molecule has 1 aromatic carbocycles. The van der Waals surface area contributed by atoms with E-state index in [9.17, 15) is 4.39 Å². The first-order chi connectivity index (χ1) is 13.5. The fourth-order valence-electron chi connectivity index (χ4n) is 3.53. The summed E-state index contributed by atoms with van der Waals surface area (Å²) in [6.45, 7) is 6.19. The first-order valence-electron chi connectivity index (χ1n) is 9.23. The van der Waals surface area contributed by atoms with Crippen LogP contribution in [0.1, 0.15) is 36.3 Å². The van der Waals surface area contributed by atoms with Gasteiger partial charge in [-0.15, -0.1) is 15.3 Å². The fraction of sp³-hybridized carbons (Fsp3) is 0.300. The van der Waals surface area contributed by atoms with Crippen LogP contribution in [0.15, 0.2) is 36.4 Å². The van der Waals surface area contributed by atoms with Gasteiger partial charge in [-0.05, 0) is 44.5 Å². The van der Waals surface area contributed by atoms with Crippen molar-refractivity contribution < 1.29 is 4.39 Å². The number of nitrogens with zero attached hydrogens (tertiary/aromatic N) is 6. The number of hydrogen-bond acceptors (Lipinski definition) is 5. The molecule has 8 heteroatoms. The van der Waals surface area contributed by atoms with Crippen molar-refractivity contribution in [1.29, 1.82) is 0 Å². The molecule has 144 valence electrons. The van der Waals surface area contributed by atoms with Crippen molar-refractivity contribution in [3.8, 4) is 11.4 Å². The van der Waals surface area contributed by atoms with E-state index < -0.39 is 0 Å². The predicted octanol–water partition coefficient (Wildman–Crippen LogP) is 3.84. The predicted molar refractivity (Wildman–Crippen MR) is 106 cm³/mol. The lowest BCUT2D eigenvalue weighted by molar-refractivity contribution is 0.629. The van der Waals surface area contributed by atoms with E-state index in [4.69, 9.17) is 0 Å². The lowest BCUT2D eigenvalue weighted by Gasteiger charge is -2.18. The third-order valence-corrected chi connectivity index (χ3v) is 5.02. The Morgan fingerprint density at radius 2 is 1.86 bits per heavy atom. The van der Waals surface area contributed by atoms with Gasteiger partial charge < -0.3 is 5.32 Å². The first kappa shape index (κ1) is 18.1. The van der Waals surface area contributed by atoms with Gasteiger partial charge in [0.15, 0.2) is 11.5 Å². The monoisotopic (exact) mass is 379 g/mol. The molecular weight excluding hydrogens is 357 g/mol. The molecule has 0 bridgehead atoms. The highest BCUT2D eigenvalue weighted by molar-refractivity contribution is 5.60. The van der Waals surface area contributed by atoms with Crippen LogP contribution in [0, 0.1) is 19.7 Å². The highest BCUT2D eigenvalue weighted by Crippen LogP contribution is 2.27. The van der Waals surface area contributed by atoms with E-state index in [1.54, 1.807) is 22.7 Å². The lowest BCUT2D eigenvalue weighted by Crippen LogP contribution is -2.14. The van der Waals surface area contributed by atoms with Gasteiger partial charge in [0.25, 0.3) is 0 Å². The number of rotatable bonds is 5. The Morgan fingerprint density at radius 1 is 1.07 bits per heavy atom. The molecule has 0 aliphatic heterocycles. The van der Waals surface area contributed by atoms with E-state index in [1.165, 1.54) is 11.6 Å². The molecule has 0 spiro atoms. The van der Waals surface area contributed by atoms with E-state index >= 15 is 0 Å². The Labute approximate surface area is 162 Å². The van der Waals surface area contributed by atoms with Crippen molar-refractivity contribution in [2.75, 3.05) is 5.32 Å². The number of benzene rings is 1. The van der Waals surface area contributed by atoms with Crippen LogP contribution in [0.25, 0.3) is 17.0 Å². The molecule has 3 aromatic heterocycles. The maximum absolute atomic E-state index is 14.2. The van der Waals surface area contributed by atoms with Crippen molar-refractivity contribution in [3.05, 3.63) is 59.2 Å². The van der Waals surface area contributed by atoms with Gasteiger partial charge in [0.2, 0.25) is 0 Å². The van der Waals surface area contributed by atoms with Gasteiger partial charge in [0.05, 0.1) is 17.3 Å². The molecule has 0 aliphatic rings. The molecule has 1 N–H and O–H groups in total. The fourth-order valence-corrected chi connectivity index (χ4v) is 3.53. The molecule has 1 atom stereocenters. The number of nitrogens with one attached hydrogen (secondary N) is 1. The second-order valence-electron chi connectivity index (χ2n) is 6.81. The second kappa shape index (κ2) is 7.03. The normalized spacial score (nSPS) is 12.5. The molecule has 7 nitrogen and oxygen atoms in total. The van der Waals surface area contributed by atoms with Crippen molar-refractivity contribution in [2.45, 2.75) is 33.2 Å². The Morgan fingerprint density at radius 3 is 2.54 bits per heavy atom. The maximum Gasteiger partial charge on any atom is 0.188 e. The highest BCUT2D eigenvalue weighted by Gasteiger charge is 2.20. The smallest absolute Gasteiger partial charge is 0.188 e. The molecule has 0 saturated heterocycles. The van der Waals surface area contributed by atoms with Crippen LogP contribution in [0.2, 0.25) is 0 Å². The Balaban J connectivity index is 1.73. The summed E-state index contributed by atoms with van der Waals surface area (Å²) in [5.74, 6) is 0.683. The molecule has 28 heavy (non-hydrogen) atoms. The average molecular weight is 379 g/mol. The van der Waals surface area contributed by atoms with Crippen LogP contribution in [0.4, 0.5) is 10.2 Å². The third kappa shape index (κ3) is 3.00. The maximum atomic E-state index is 14.2. The van der Waals surface area contributed by atoms with E-state index in [2.05, 4.69) is 39.6 Å². The summed E-state index contributed by atoms with van der Waals surface area (Å²) in [4.78, 5) is 0. The van der Waals surface area contributed by atoms with E-state index in [0.717, 1.165) is 17.8 Å². The van der Waals surface area contributed by atoms with Gasteiger partial charge in [-0.1, -0.05) is 19.1 Å². The van der Waals surface area contributed by atoms with Gasteiger partial charge >= 0.3 is 0 Å². The van der Waals surface area contributed by atoms with Crippen molar-refractivity contribution in [2.24, 2.45) is 7.05 Å². The summed E-state index contributed by atoms with van der Waals surface area (Å²) in [5.41, 5.74) is 4.22. The molecule has 4 rings (SSSR count). The number of fused-ring (bicyclic) bond motifs is 1. The van der Waals surface area contributed by atoms with Gasteiger partial charge in [-0.3, -0.25) is 4.68 Å². The standard InChI is InChI=1S/C20H22FN7/c1-5-16(19-12(2)25-27(4)13(19)3)22-17-10-11-18-23-24-20(28(18)26-17)14-8-6-7-9-15(14)21/h6-11,16H,5H2,1-4H3,(H,22,26). The number of hydrogen-bond donors (Lipinski definition) is 1. The largest absolute Gasteiger partial charge is 0.362 e. The minimum atomic E-state index is -0.356. The van der Waals surface area contributed by atoms with Crippen LogP contribution in [-0.4, -0.2) is 29.6 Å². The molecule has 0 radical (unpaired) electrons. The summed E-state index contributed by atoms with van der Waals surface area (Å²) in [5, 5.41) is 20.8. The van der Waals surface area contributed by atoms with Gasteiger partial charge in [-0.25, -0.2) is 4.39 Å². The van der Waals surface area contributed by atoms with Gasteiger partial charge in [0.1, 0.15) is 11.6 Å². The molecule has 0 aliphatic carbocycles. The zero-order chi connectivity index (χ0) is 19.8. The number of halogens is 1. The topological polar surface area (TPSA) is 72.9 Å². The Bertz CT molecular complexity index is 1140. The van der Waals surface area contributed by atoms with Crippen molar-refractivity contribution >= 4 is 11.5 Å². The number of aryl methyl sites for hydroxylation is 2. The summed E-state index contributed by atoms with van der Waals surface area (Å²) in [6, 6.07) is 10.2. The lowest BCUT2D eigenvalue weighted by atomic mass is 10.0. The molecule has 1 unspecified atom stereocenters. The zero-order valence-electron chi connectivity index (χ0n) is 16.3. The molecule has 3 heterocycles. The minimum Gasteiger partial charge on any atom is -0.362 e. The SMILES string of the molecule is CCC(Nc1ccc2nnc(-c3ccccc3F)n2n1)c1c(C)nn(C)c1C. The van der Waals surface area contributed by atoms with Crippen LogP contribution in [0.5, 0.6) is 0 Å². The zero-order valence-corrected chi connectivity index (χ0v) is 16.3. The summed E-state index contributed by atoms with van der Waals surface area (Å²) in [7, 11) is 1.95. The van der Waals surface area contributed by atoms with Crippen LogP contribution in [-0.2, 0) is 7.05 Å². The Hall–Kier alpha value is -3.29. The van der Waals surface area contributed by atoms with E-state index in [0.29, 0.717) is 22.9 Å². The van der Waals surface area contributed by atoms with Gasteiger partial charge in [-0.2, -0.15) is 9.61 Å². The summed E-state index contributed by atoms with van der Waals surface area (Å²) >= 11 is 0. The molecule has 0 fully saturated rings. The number of anilines is 1. The van der Waals surface area contributed by atoms with Crippen molar-refractivity contribution in [1.82, 2.24) is 29.6 Å². The molecule has 4 aromatic rings. The Kier molecular flexibility index (Phi) is 4.54. The van der Waals surface area contributed by atoms with Crippen LogP contribution in [0.3, 0.4) is 0 Å². The molecule has 0 amide bonds. The van der Waals surface area contributed by atoms with Gasteiger partial charge in [0, 0.05) is 18.3 Å². The average Bonchev–Trinajstić information content (AvgIpc) is 3.21. The second-order valence-corrected chi connectivity index (χ2v) is 6.81.